The highest BCUT2D eigenvalue weighted by atomic mass is 19.4. The summed E-state index contributed by atoms with van der Waals surface area (Å²) in [4.78, 5) is 13.6. The predicted octanol–water partition coefficient (Wildman–Crippen LogP) is 2.00. The molecule has 1 aromatic heterocycles. The number of halogens is 5. The summed E-state index contributed by atoms with van der Waals surface area (Å²) >= 11 is 0. The molecule has 0 spiro atoms. The lowest BCUT2D eigenvalue weighted by molar-refractivity contribution is -0.276. The summed E-state index contributed by atoms with van der Waals surface area (Å²) in [7, 11) is 0. The monoisotopic (exact) mass is 300 g/mol. The molecule has 0 amide bonds. The Labute approximate surface area is 109 Å². The molecule has 20 heavy (non-hydrogen) atoms. The van der Waals surface area contributed by atoms with Gasteiger partial charge in [-0.3, -0.25) is 4.79 Å². The molecule has 0 aromatic carbocycles. The van der Waals surface area contributed by atoms with E-state index in [2.05, 4.69) is 9.72 Å². The summed E-state index contributed by atoms with van der Waals surface area (Å²) in [5, 5.41) is 8.63. The van der Waals surface area contributed by atoms with Crippen LogP contribution in [0.5, 0.6) is 5.88 Å². The first-order valence-electron chi connectivity index (χ1n) is 5.12. The number of alkyl halides is 5. The van der Waals surface area contributed by atoms with Crippen LogP contribution < -0.4 is 10.5 Å². The van der Waals surface area contributed by atoms with Gasteiger partial charge in [0.2, 0.25) is 5.88 Å². The molecule has 1 rings (SSSR count). The van der Waals surface area contributed by atoms with Crippen LogP contribution in [-0.2, 0) is 17.8 Å². The molecular formula is C10H9F5N2O3. The van der Waals surface area contributed by atoms with Gasteiger partial charge in [0.05, 0.1) is 6.42 Å². The van der Waals surface area contributed by atoms with E-state index >= 15 is 0 Å². The summed E-state index contributed by atoms with van der Waals surface area (Å²) < 4.78 is 65.1. The van der Waals surface area contributed by atoms with E-state index in [0.717, 1.165) is 0 Å². The van der Waals surface area contributed by atoms with Gasteiger partial charge in [-0.1, -0.05) is 0 Å². The molecule has 1 heterocycles. The number of hydrogen-bond acceptors (Lipinski definition) is 4. The van der Waals surface area contributed by atoms with E-state index < -0.39 is 43.3 Å². The first-order chi connectivity index (χ1) is 9.14. The van der Waals surface area contributed by atoms with Crippen LogP contribution in [0.3, 0.4) is 0 Å². The minimum atomic E-state index is -5.13. The summed E-state index contributed by atoms with van der Waals surface area (Å²) in [5.74, 6) is -2.56. The normalized spacial score (nSPS) is 11.8. The fraction of sp³-hybridized carbons (Fsp3) is 0.400. The summed E-state index contributed by atoms with van der Waals surface area (Å²) in [6.45, 7) is -0.485. The van der Waals surface area contributed by atoms with Crippen molar-refractivity contribution in [3.05, 3.63) is 22.9 Å². The van der Waals surface area contributed by atoms with Crippen molar-refractivity contribution in [1.29, 1.82) is 0 Å². The molecule has 5 nitrogen and oxygen atoms in total. The van der Waals surface area contributed by atoms with Gasteiger partial charge in [0.15, 0.2) is 0 Å². The second kappa shape index (κ2) is 5.99. The summed E-state index contributed by atoms with van der Waals surface area (Å²) in [5.41, 5.74) is 3.58. The number of carbonyl (C=O) groups is 1. The van der Waals surface area contributed by atoms with Crippen molar-refractivity contribution in [2.45, 2.75) is 25.8 Å². The van der Waals surface area contributed by atoms with Crippen LogP contribution in [0, 0.1) is 0 Å². The molecule has 0 atom stereocenters. The molecule has 0 bridgehead atoms. The Morgan fingerprint density at radius 1 is 1.45 bits per heavy atom. The van der Waals surface area contributed by atoms with Gasteiger partial charge in [0, 0.05) is 12.6 Å². The number of nitrogens with zero attached hydrogens (tertiary/aromatic N) is 1. The molecular weight excluding hydrogens is 291 g/mol. The fourth-order valence-corrected chi connectivity index (χ4v) is 1.53. The number of pyridine rings is 1. The van der Waals surface area contributed by atoms with E-state index in [1.54, 1.807) is 0 Å². The molecule has 0 fully saturated rings. The highest BCUT2D eigenvalue weighted by molar-refractivity contribution is 5.71. The topological polar surface area (TPSA) is 85.4 Å². The minimum absolute atomic E-state index is 0.301. The number of ether oxygens (including phenoxy) is 1. The Morgan fingerprint density at radius 3 is 2.45 bits per heavy atom. The lowest BCUT2D eigenvalue weighted by atomic mass is 10.0. The number of nitrogens with two attached hydrogens (primary N) is 1. The average Bonchev–Trinajstić information content (AvgIpc) is 2.25. The van der Waals surface area contributed by atoms with Crippen molar-refractivity contribution in [1.82, 2.24) is 4.98 Å². The molecule has 0 unspecified atom stereocenters. The average molecular weight is 300 g/mol. The molecule has 1 aromatic rings. The third-order valence-corrected chi connectivity index (χ3v) is 2.20. The number of aliphatic carboxylic acids is 1. The van der Waals surface area contributed by atoms with Gasteiger partial charge in [-0.15, -0.1) is 13.2 Å². The largest absolute Gasteiger partial charge is 0.574 e. The number of hydrogen-bond donors (Lipinski definition) is 2. The predicted molar refractivity (Wildman–Crippen MR) is 55.1 cm³/mol. The highest BCUT2D eigenvalue weighted by Gasteiger charge is 2.33. The van der Waals surface area contributed by atoms with Gasteiger partial charge in [-0.2, -0.15) is 0 Å². The third-order valence-electron chi connectivity index (χ3n) is 2.20. The second-order valence-electron chi connectivity index (χ2n) is 3.61. The van der Waals surface area contributed by atoms with Gasteiger partial charge < -0.3 is 15.6 Å². The SMILES string of the molecule is NCc1c(CC(=O)O)cc(OC(F)(F)F)nc1C(F)F. The van der Waals surface area contributed by atoms with Crippen molar-refractivity contribution in [3.8, 4) is 5.88 Å². The van der Waals surface area contributed by atoms with Crippen molar-refractivity contribution in [2.24, 2.45) is 5.73 Å². The lowest BCUT2D eigenvalue weighted by Gasteiger charge is -2.15. The summed E-state index contributed by atoms with van der Waals surface area (Å²) in [6.07, 6.45) is -9.11. The number of carboxylic acid groups (broad SMARTS) is 1. The fourth-order valence-electron chi connectivity index (χ4n) is 1.53. The van der Waals surface area contributed by atoms with Crippen molar-refractivity contribution in [3.63, 3.8) is 0 Å². The van der Waals surface area contributed by atoms with Crippen molar-refractivity contribution >= 4 is 5.97 Å². The Kier molecular flexibility index (Phi) is 4.82. The van der Waals surface area contributed by atoms with E-state index in [1.165, 1.54) is 0 Å². The van der Waals surface area contributed by atoms with Crippen LogP contribution in [-0.4, -0.2) is 22.4 Å². The maximum absolute atomic E-state index is 12.7. The maximum atomic E-state index is 12.7. The third kappa shape index (κ3) is 4.30. The van der Waals surface area contributed by atoms with E-state index in [1.807, 2.05) is 0 Å². The number of aromatic nitrogens is 1. The van der Waals surface area contributed by atoms with Crippen LogP contribution >= 0.6 is 0 Å². The first-order valence-corrected chi connectivity index (χ1v) is 5.12. The van der Waals surface area contributed by atoms with Gasteiger partial charge in [0.25, 0.3) is 6.43 Å². The second-order valence-corrected chi connectivity index (χ2v) is 3.61. The molecule has 0 radical (unpaired) electrons. The Balaban J connectivity index is 3.35. The van der Waals surface area contributed by atoms with Crippen LogP contribution in [0.25, 0.3) is 0 Å². The molecule has 0 aliphatic heterocycles. The number of rotatable bonds is 5. The minimum Gasteiger partial charge on any atom is -0.481 e. The first kappa shape index (κ1) is 16.1. The van der Waals surface area contributed by atoms with E-state index in [4.69, 9.17) is 10.8 Å². The number of carboxylic acids is 1. The van der Waals surface area contributed by atoms with Gasteiger partial charge >= 0.3 is 12.3 Å². The molecule has 0 saturated heterocycles. The molecule has 10 heteroatoms. The van der Waals surface area contributed by atoms with Gasteiger partial charge in [-0.25, -0.2) is 13.8 Å². The highest BCUT2D eigenvalue weighted by Crippen LogP contribution is 2.29. The molecule has 112 valence electrons. The maximum Gasteiger partial charge on any atom is 0.574 e. The quantitative estimate of drug-likeness (QED) is 0.812. The zero-order valence-electron chi connectivity index (χ0n) is 9.75. The standard InChI is InChI=1S/C10H9F5N2O3/c11-9(12)8-5(3-16)4(2-7(18)19)1-6(17-8)20-10(13,14)15/h1,9H,2-3,16H2,(H,18,19). The molecule has 0 aliphatic rings. The van der Waals surface area contributed by atoms with E-state index in [-0.39, 0.29) is 11.1 Å². The van der Waals surface area contributed by atoms with Gasteiger partial charge in [-0.05, 0) is 11.1 Å². The zero-order valence-corrected chi connectivity index (χ0v) is 9.75. The van der Waals surface area contributed by atoms with Crippen LogP contribution in [0.1, 0.15) is 23.2 Å². The van der Waals surface area contributed by atoms with Gasteiger partial charge in [0.1, 0.15) is 5.69 Å². The Morgan fingerprint density at radius 2 is 2.05 bits per heavy atom. The van der Waals surface area contributed by atoms with Crippen molar-refractivity contribution < 1.29 is 36.6 Å². The lowest BCUT2D eigenvalue weighted by Crippen LogP contribution is -2.20. The van der Waals surface area contributed by atoms with Crippen molar-refractivity contribution in [2.75, 3.05) is 0 Å². The molecule has 0 saturated carbocycles. The molecule has 3 N–H and O–H groups in total. The zero-order chi connectivity index (χ0) is 15.5. The Hall–Kier alpha value is -1.97. The summed E-state index contributed by atoms with van der Waals surface area (Å²) in [6, 6.07) is 0.635. The van der Waals surface area contributed by atoms with Crippen LogP contribution in [0.2, 0.25) is 0 Å². The van der Waals surface area contributed by atoms with Crippen LogP contribution in [0.15, 0.2) is 6.07 Å². The molecule has 0 aliphatic carbocycles. The van der Waals surface area contributed by atoms with E-state index in [9.17, 15) is 26.7 Å². The van der Waals surface area contributed by atoms with E-state index in [0.29, 0.717) is 6.07 Å². The Bertz CT molecular complexity index is 504. The smallest absolute Gasteiger partial charge is 0.481 e. The van der Waals surface area contributed by atoms with Crippen LogP contribution in [0.4, 0.5) is 22.0 Å².